The van der Waals surface area contributed by atoms with Crippen molar-refractivity contribution in [2.75, 3.05) is 18.2 Å². The van der Waals surface area contributed by atoms with Crippen LogP contribution in [0.15, 0.2) is 24.3 Å². The van der Waals surface area contributed by atoms with Crippen molar-refractivity contribution in [3.63, 3.8) is 0 Å². The molecule has 12 heavy (non-hydrogen) atoms. The molecule has 0 N–H and O–H groups in total. The maximum atomic E-state index is 5.66. The van der Waals surface area contributed by atoms with Crippen LogP contribution in [0.25, 0.3) is 0 Å². The number of hydrogen-bond donors (Lipinski definition) is 0. The molecular weight excluding hydrogens is 170 g/mol. The Morgan fingerprint density at radius 1 is 1.42 bits per heavy atom. The molecule has 0 saturated carbocycles. The standard InChI is InChI=1S/C9H11NOS/c1-10-7-5-3-4-6-8(7)11-9(10)12-2/h3-6,9H,1-2H3. The fourth-order valence-corrected chi connectivity index (χ4v) is 1.99. The topological polar surface area (TPSA) is 12.5 Å². The largest absolute Gasteiger partial charge is 0.459 e. The van der Waals surface area contributed by atoms with E-state index in [1.54, 1.807) is 11.8 Å². The van der Waals surface area contributed by atoms with Crippen LogP contribution in [0.4, 0.5) is 5.69 Å². The van der Waals surface area contributed by atoms with Gasteiger partial charge in [0.05, 0.1) is 5.69 Å². The lowest BCUT2D eigenvalue weighted by atomic mass is 10.3. The van der Waals surface area contributed by atoms with Crippen LogP contribution in [0.3, 0.4) is 0 Å². The van der Waals surface area contributed by atoms with Crippen LogP contribution in [0.5, 0.6) is 5.75 Å². The SMILES string of the molecule is CSC1Oc2ccccc2N1C. The zero-order valence-electron chi connectivity index (χ0n) is 7.15. The van der Waals surface area contributed by atoms with Gasteiger partial charge in [0, 0.05) is 7.05 Å². The number of ether oxygens (including phenoxy) is 1. The zero-order valence-corrected chi connectivity index (χ0v) is 7.97. The maximum absolute atomic E-state index is 5.66. The van der Waals surface area contributed by atoms with Gasteiger partial charge in [-0.3, -0.25) is 0 Å². The second-order valence-electron chi connectivity index (χ2n) is 2.74. The summed E-state index contributed by atoms with van der Waals surface area (Å²) >= 11 is 1.70. The van der Waals surface area contributed by atoms with Gasteiger partial charge in [0.2, 0.25) is 5.56 Å². The first-order valence-electron chi connectivity index (χ1n) is 3.84. The van der Waals surface area contributed by atoms with Crippen LogP contribution in [0.1, 0.15) is 0 Å². The van der Waals surface area contributed by atoms with E-state index in [9.17, 15) is 0 Å². The summed E-state index contributed by atoms with van der Waals surface area (Å²) in [5.74, 6) is 0.986. The highest BCUT2D eigenvalue weighted by Gasteiger charge is 2.25. The Hall–Kier alpha value is -0.830. The Labute approximate surface area is 76.5 Å². The summed E-state index contributed by atoms with van der Waals surface area (Å²) in [6.07, 6.45) is 2.05. The minimum absolute atomic E-state index is 0.141. The number of para-hydroxylation sites is 2. The van der Waals surface area contributed by atoms with Crippen molar-refractivity contribution < 1.29 is 4.74 Å². The fraction of sp³-hybridized carbons (Fsp3) is 0.333. The molecule has 0 fully saturated rings. The zero-order chi connectivity index (χ0) is 8.55. The molecule has 3 heteroatoms. The number of anilines is 1. The van der Waals surface area contributed by atoms with E-state index in [-0.39, 0.29) is 5.56 Å². The van der Waals surface area contributed by atoms with Crippen LogP contribution in [0.2, 0.25) is 0 Å². The molecule has 0 saturated heterocycles. The van der Waals surface area contributed by atoms with Gasteiger partial charge in [-0.2, -0.15) is 0 Å². The van der Waals surface area contributed by atoms with Crippen LogP contribution in [-0.4, -0.2) is 18.9 Å². The summed E-state index contributed by atoms with van der Waals surface area (Å²) in [7, 11) is 2.05. The van der Waals surface area contributed by atoms with Crippen LogP contribution in [-0.2, 0) is 0 Å². The number of nitrogens with zero attached hydrogens (tertiary/aromatic N) is 1. The van der Waals surface area contributed by atoms with Crippen molar-refractivity contribution in [1.29, 1.82) is 0 Å². The third kappa shape index (κ3) is 1.05. The van der Waals surface area contributed by atoms with Gasteiger partial charge in [-0.15, -0.1) is 0 Å². The van der Waals surface area contributed by atoms with Crippen molar-refractivity contribution >= 4 is 17.4 Å². The smallest absolute Gasteiger partial charge is 0.220 e. The highest BCUT2D eigenvalue weighted by molar-refractivity contribution is 7.99. The van der Waals surface area contributed by atoms with E-state index in [4.69, 9.17) is 4.74 Å². The predicted octanol–water partition coefficient (Wildman–Crippen LogP) is 2.16. The number of hydrogen-bond acceptors (Lipinski definition) is 3. The highest BCUT2D eigenvalue weighted by Crippen LogP contribution is 2.38. The third-order valence-electron chi connectivity index (χ3n) is 1.99. The monoisotopic (exact) mass is 181 g/mol. The molecule has 1 heterocycles. The Morgan fingerprint density at radius 2 is 2.17 bits per heavy atom. The van der Waals surface area contributed by atoms with Gasteiger partial charge in [-0.1, -0.05) is 23.9 Å². The van der Waals surface area contributed by atoms with Crippen molar-refractivity contribution in [3.8, 4) is 5.75 Å². The number of benzene rings is 1. The van der Waals surface area contributed by atoms with Crippen molar-refractivity contribution in [1.82, 2.24) is 0 Å². The fourth-order valence-electron chi connectivity index (χ4n) is 1.36. The first kappa shape index (κ1) is 7.80. The Bertz CT molecular complexity index is 290. The minimum Gasteiger partial charge on any atom is -0.459 e. The van der Waals surface area contributed by atoms with Gasteiger partial charge >= 0.3 is 0 Å². The van der Waals surface area contributed by atoms with Gasteiger partial charge in [0.25, 0.3) is 0 Å². The lowest BCUT2D eigenvalue weighted by molar-refractivity contribution is 0.320. The minimum atomic E-state index is 0.141. The molecule has 0 aromatic heterocycles. The van der Waals surface area contributed by atoms with Crippen molar-refractivity contribution in [2.45, 2.75) is 5.56 Å². The van der Waals surface area contributed by atoms with Crippen LogP contribution >= 0.6 is 11.8 Å². The average Bonchev–Trinajstić information content (AvgIpc) is 2.44. The van der Waals surface area contributed by atoms with Gasteiger partial charge in [0.1, 0.15) is 5.75 Å². The molecule has 64 valence electrons. The second kappa shape index (κ2) is 2.90. The van der Waals surface area contributed by atoms with Crippen LogP contribution < -0.4 is 9.64 Å². The molecule has 0 aliphatic carbocycles. The van der Waals surface area contributed by atoms with Gasteiger partial charge in [-0.25, -0.2) is 0 Å². The molecule has 1 aliphatic heterocycles. The predicted molar refractivity (Wildman–Crippen MR) is 52.8 cm³/mol. The van der Waals surface area contributed by atoms with E-state index in [1.165, 1.54) is 5.69 Å². The first-order chi connectivity index (χ1) is 5.83. The molecule has 0 spiro atoms. The molecule has 1 atom stereocenters. The summed E-state index contributed by atoms with van der Waals surface area (Å²) in [6, 6.07) is 8.10. The summed E-state index contributed by atoms with van der Waals surface area (Å²) in [5.41, 5.74) is 1.32. The normalized spacial score (nSPS) is 20.5. The molecule has 0 bridgehead atoms. The number of thioether (sulfide) groups is 1. The lowest BCUT2D eigenvalue weighted by Gasteiger charge is -2.17. The summed E-state index contributed by atoms with van der Waals surface area (Å²) in [6.45, 7) is 0. The molecule has 1 aromatic rings. The quantitative estimate of drug-likeness (QED) is 0.658. The highest BCUT2D eigenvalue weighted by atomic mass is 32.2. The Balaban J connectivity index is 2.35. The summed E-state index contributed by atoms with van der Waals surface area (Å²) < 4.78 is 5.66. The van der Waals surface area contributed by atoms with Crippen molar-refractivity contribution in [3.05, 3.63) is 24.3 Å². The molecule has 0 amide bonds. The molecule has 2 rings (SSSR count). The molecule has 0 radical (unpaired) electrons. The van der Waals surface area contributed by atoms with Gasteiger partial charge < -0.3 is 9.64 Å². The maximum Gasteiger partial charge on any atom is 0.220 e. The molecule has 1 aliphatic rings. The van der Waals surface area contributed by atoms with E-state index in [0.29, 0.717) is 0 Å². The van der Waals surface area contributed by atoms with E-state index in [0.717, 1.165) is 5.75 Å². The van der Waals surface area contributed by atoms with Crippen LogP contribution in [0, 0.1) is 0 Å². The van der Waals surface area contributed by atoms with E-state index in [2.05, 4.69) is 11.0 Å². The number of rotatable bonds is 1. The molecule has 1 aromatic carbocycles. The second-order valence-corrected chi connectivity index (χ2v) is 3.61. The van der Waals surface area contributed by atoms with Gasteiger partial charge in [-0.05, 0) is 18.4 Å². The molecule has 2 nitrogen and oxygen atoms in total. The number of fused-ring (bicyclic) bond motifs is 1. The first-order valence-corrected chi connectivity index (χ1v) is 5.13. The van der Waals surface area contributed by atoms with Gasteiger partial charge in [0.15, 0.2) is 0 Å². The van der Waals surface area contributed by atoms with E-state index < -0.39 is 0 Å². The third-order valence-corrected chi connectivity index (χ3v) is 2.81. The van der Waals surface area contributed by atoms with E-state index in [1.807, 2.05) is 31.5 Å². The Kier molecular flexibility index (Phi) is 1.89. The Morgan fingerprint density at radius 3 is 2.83 bits per heavy atom. The molecule has 1 unspecified atom stereocenters. The lowest BCUT2D eigenvalue weighted by Crippen LogP contribution is -2.26. The summed E-state index contributed by atoms with van der Waals surface area (Å²) in [4.78, 5) is 2.14. The summed E-state index contributed by atoms with van der Waals surface area (Å²) in [5, 5.41) is 0. The van der Waals surface area contributed by atoms with Crippen molar-refractivity contribution in [2.24, 2.45) is 0 Å². The average molecular weight is 181 g/mol. The molecular formula is C9H11NOS. The van der Waals surface area contributed by atoms with E-state index >= 15 is 0 Å².